The maximum Gasteiger partial charge on any atom is 0.285 e. The van der Waals surface area contributed by atoms with Crippen molar-refractivity contribution in [3.05, 3.63) is 75.7 Å². The molecule has 0 spiro atoms. The van der Waals surface area contributed by atoms with E-state index in [1.165, 1.54) is 47.9 Å². The molecule has 0 atom stereocenters. The summed E-state index contributed by atoms with van der Waals surface area (Å²) in [6.45, 7) is 0.202. The van der Waals surface area contributed by atoms with Crippen molar-refractivity contribution in [3.63, 3.8) is 0 Å². The Labute approximate surface area is 158 Å². The van der Waals surface area contributed by atoms with Gasteiger partial charge in [0.15, 0.2) is 11.5 Å². The first kappa shape index (κ1) is 18.4. The number of thiophene rings is 1. The number of hydrogen-bond donors (Lipinski definition) is 3. The van der Waals surface area contributed by atoms with Crippen LogP contribution in [0.2, 0.25) is 0 Å². The average Bonchev–Trinajstić information content (AvgIpc) is 3.13. The van der Waals surface area contributed by atoms with Crippen molar-refractivity contribution in [3.8, 4) is 17.2 Å². The van der Waals surface area contributed by atoms with Gasteiger partial charge in [-0.25, -0.2) is 9.82 Å². The van der Waals surface area contributed by atoms with Gasteiger partial charge in [0.2, 0.25) is 0 Å². The number of aromatic hydroxyl groups is 2. The van der Waals surface area contributed by atoms with E-state index in [9.17, 15) is 19.4 Å². The highest BCUT2D eigenvalue weighted by atomic mass is 32.1. The topological polar surface area (TPSA) is 91.2 Å². The Hall–Kier alpha value is -3.39. The Morgan fingerprint density at radius 3 is 2.67 bits per heavy atom. The third-order valence-electron chi connectivity index (χ3n) is 3.52. The molecule has 6 nitrogen and oxygen atoms in total. The van der Waals surface area contributed by atoms with Gasteiger partial charge in [0.05, 0.1) is 6.21 Å². The maximum absolute atomic E-state index is 12.9. The molecule has 2 aromatic carbocycles. The molecule has 0 aliphatic rings. The number of benzene rings is 2. The van der Waals surface area contributed by atoms with Gasteiger partial charge in [-0.1, -0.05) is 12.1 Å². The lowest BCUT2D eigenvalue weighted by Gasteiger charge is -2.06. The lowest BCUT2D eigenvalue weighted by Crippen LogP contribution is -2.17. The minimum Gasteiger partial charge on any atom is -0.504 e. The van der Waals surface area contributed by atoms with Gasteiger partial charge in [0, 0.05) is 0 Å². The van der Waals surface area contributed by atoms with E-state index in [0.717, 1.165) is 5.56 Å². The van der Waals surface area contributed by atoms with Gasteiger partial charge in [-0.2, -0.15) is 5.10 Å². The van der Waals surface area contributed by atoms with Crippen LogP contribution in [0.25, 0.3) is 0 Å². The Morgan fingerprint density at radius 1 is 1.15 bits per heavy atom. The third kappa shape index (κ3) is 4.83. The van der Waals surface area contributed by atoms with E-state index in [1.807, 2.05) is 0 Å². The molecule has 1 heterocycles. The Balaban J connectivity index is 1.60. The zero-order valence-electron chi connectivity index (χ0n) is 13.9. The van der Waals surface area contributed by atoms with Crippen molar-refractivity contribution in [1.82, 2.24) is 5.43 Å². The quantitative estimate of drug-likeness (QED) is 0.343. The molecule has 27 heavy (non-hydrogen) atoms. The van der Waals surface area contributed by atoms with E-state index in [1.54, 1.807) is 23.6 Å². The minimum atomic E-state index is -0.446. The largest absolute Gasteiger partial charge is 0.504 e. The fraction of sp³-hybridized carbons (Fsp3) is 0.0526. The first-order valence-electron chi connectivity index (χ1n) is 7.83. The van der Waals surface area contributed by atoms with Crippen LogP contribution in [0.4, 0.5) is 4.39 Å². The monoisotopic (exact) mass is 386 g/mol. The van der Waals surface area contributed by atoms with Crippen LogP contribution in [0.5, 0.6) is 17.2 Å². The summed E-state index contributed by atoms with van der Waals surface area (Å²) in [5.41, 5.74) is 3.66. The number of halogens is 1. The normalized spacial score (nSPS) is 10.9. The van der Waals surface area contributed by atoms with E-state index < -0.39 is 5.91 Å². The van der Waals surface area contributed by atoms with Crippen molar-refractivity contribution in [2.75, 3.05) is 0 Å². The summed E-state index contributed by atoms with van der Waals surface area (Å²) in [5, 5.41) is 24.2. The summed E-state index contributed by atoms with van der Waals surface area (Å²) in [6.07, 6.45) is 1.34. The standard InChI is InChI=1S/C19H15FN2O4S/c20-14-4-1-12(2-5-14)11-26-17-7-8-27-18(17)19(25)22-21-10-13-3-6-15(23)16(24)9-13/h1-10,23-24H,11H2,(H,22,25). The molecule has 3 rings (SSSR count). The fourth-order valence-corrected chi connectivity index (χ4v) is 2.88. The highest BCUT2D eigenvalue weighted by molar-refractivity contribution is 7.12. The van der Waals surface area contributed by atoms with Crippen molar-refractivity contribution >= 4 is 23.5 Å². The summed E-state index contributed by atoms with van der Waals surface area (Å²) in [5.74, 6) is -0.885. The van der Waals surface area contributed by atoms with Crippen LogP contribution >= 0.6 is 11.3 Å². The predicted molar refractivity (Wildman–Crippen MR) is 99.9 cm³/mol. The number of phenolic OH excluding ortho intramolecular Hbond substituents is 2. The van der Waals surface area contributed by atoms with E-state index >= 15 is 0 Å². The molecule has 138 valence electrons. The summed E-state index contributed by atoms with van der Waals surface area (Å²) < 4.78 is 18.6. The number of nitrogens with one attached hydrogen (secondary N) is 1. The number of hydrazone groups is 1. The van der Waals surface area contributed by atoms with E-state index in [2.05, 4.69) is 10.5 Å². The molecule has 0 saturated heterocycles. The number of nitrogens with zero attached hydrogens (tertiary/aromatic N) is 1. The van der Waals surface area contributed by atoms with Crippen LogP contribution in [0.3, 0.4) is 0 Å². The summed E-state index contributed by atoms with van der Waals surface area (Å²) in [7, 11) is 0. The fourth-order valence-electron chi connectivity index (χ4n) is 2.16. The molecule has 0 radical (unpaired) electrons. The second-order valence-corrected chi connectivity index (χ2v) is 6.39. The molecule has 0 bridgehead atoms. The molecule has 3 aromatic rings. The zero-order chi connectivity index (χ0) is 19.2. The Morgan fingerprint density at radius 2 is 1.93 bits per heavy atom. The highest BCUT2D eigenvalue weighted by Crippen LogP contribution is 2.26. The lowest BCUT2D eigenvalue weighted by molar-refractivity contribution is 0.0955. The number of carbonyl (C=O) groups excluding carboxylic acids is 1. The van der Waals surface area contributed by atoms with Crippen LogP contribution < -0.4 is 10.2 Å². The summed E-state index contributed by atoms with van der Waals surface area (Å²) >= 11 is 1.20. The molecule has 0 saturated carbocycles. The Bertz CT molecular complexity index is 970. The molecular weight excluding hydrogens is 371 g/mol. The number of hydrogen-bond acceptors (Lipinski definition) is 6. The number of phenols is 2. The van der Waals surface area contributed by atoms with Crippen LogP contribution in [-0.4, -0.2) is 22.3 Å². The molecule has 3 N–H and O–H groups in total. The number of ether oxygens (including phenoxy) is 1. The molecule has 1 amide bonds. The molecule has 1 aromatic heterocycles. The minimum absolute atomic E-state index is 0.202. The lowest BCUT2D eigenvalue weighted by atomic mass is 10.2. The van der Waals surface area contributed by atoms with Gasteiger partial charge in [-0.3, -0.25) is 4.79 Å². The number of amides is 1. The first-order valence-corrected chi connectivity index (χ1v) is 8.71. The molecule has 0 fully saturated rings. The highest BCUT2D eigenvalue weighted by Gasteiger charge is 2.14. The van der Waals surface area contributed by atoms with Crippen LogP contribution in [-0.2, 0) is 6.61 Å². The van der Waals surface area contributed by atoms with Crippen LogP contribution in [0.15, 0.2) is 59.0 Å². The van der Waals surface area contributed by atoms with Crippen molar-refractivity contribution in [2.45, 2.75) is 6.61 Å². The van der Waals surface area contributed by atoms with Crippen molar-refractivity contribution in [2.24, 2.45) is 5.10 Å². The van der Waals surface area contributed by atoms with Crippen LogP contribution in [0.1, 0.15) is 20.8 Å². The smallest absolute Gasteiger partial charge is 0.285 e. The molecule has 8 heteroatoms. The maximum atomic E-state index is 12.9. The van der Waals surface area contributed by atoms with Gasteiger partial charge in [-0.15, -0.1) is 11.3 Å². The predicted octanol–water partition coefficient (Wildman–Crippen LogP) is 3.64. The summed E-state index contributed by atoms with van der Waals surface area (Å²) in [4.78, 5) is 12.6. The van der Waals surface area contributed by atoms with Gasteiger partial charge in [0.25, 0.3) is 5.91 Å². The van der Waals surface area contributed by atoms with Crippen LogP contribution in [0, 0.1) is 5.82 Å². The molecule has 0 aliphatic heterocycles. The van der Waals surface area contributed by atoms with E-state index in [0.29, 0.717) is 16.2 Å². The second-order valence-electron chi connectivity index (χ2n) is 5.48. The van der Waals surface area contributed by atoms with Crippen molar-refractivity contribution in [1.29, 1.82) is 0 Å². The van der Waals surface area contributed by atoms with Gasteiger partial charge in [0.1, 0.15) is 23.1 Å². The summed E-state index contributed by atoms with van der Waals surface area (Å²) in [6, 6.07) is 11.7. The average molecular weight is 386 g/mol. The molecule has 0 aliphatic carbocycles. The third-order valence-corrected chi connectivity index (χ3v) is 4.42. The molecular formula is C19H15FN2O4S. The van der Waals surface area contributed by atoms with Gasteiger partial charge < -0.3 is 14.9 Å². The second kappa shape index (κ2) is 8.33. The SMILES string of the molecule is O=C(NN=Cc1ccc(O)c(O)c1)c1sccc1OCc1ccc(F)cc1. The van der Waals surface area contributed by atoms with E-state index in [-0.39, 0.29) is 23.9 Å². The van der Waals surface area contributed by atoms with Gasteiger partial charge in [-0.05, 0) is 52.9 Å². The first-order chi connectivity index (χ1) is 13.0. The van der Waals surface area contributed by atoms with E-state index in [4.69, 9.17) is 4.74 Å². The Kier molecular flexibility index (Phi) is 5.68. The number of rotatable bonds is 6. The number of carbonyl (C=O) groups is 1. The zero-order valence-corrected chi connectivity index (χ0v) is 14.7. The molecule has 0 unspecified atom stereocenters. The van der Waals surface area contributed by atoms with Crippen molar-refractivity contribution < 1.29 is 24.1 Å². The van der Waals surface area contributed by atoms with Gasteiger partial charge >= 0.3 is 0 Å².